The van der Waals surface area contributed by atoms with E-state index in [1.807, 2.05) is 6.20 Å². The summed E-state index contributed by atoms with van der Waals surface area (Å²) in [6.07, 6.45) is 1.92. The van der Waals surface area contributed by atoms with Crippen LogP contribution < -0.4 is 0 Å². The fourth-order valence-electron chi connectivity index (χ4n) is 7.20. The van der Waals surface area contributed by atoms with Crippen molar-refractivity contribution in [2.45, 2.75) is 19.3 Å². The molecule has 8 aromatic rings. The molecule has 3 aromatic heterocycles. The Morgan fingerprint density at radius 1 is 0.537 bits per heavy atom. The molecule has 3 heteroatoms. The first-order valence-electron chi connectivity index (χ1n) is 14.2. The van der Waals surface area contributed by atoms with Gasteiger partial charge in [0.15, 0.2) is 0 Å². The molecule has 5 aromatic carbocycles. The van der Waals surface area contributed by atoms with Crippen LogP contribution in [0.4, 0.5) is 0 Å². The van der Waals surface area contributed by atoms with E-state index in [4.69, 9.17) is 4.98 Å². The van der Waals surface area contributed by atoms with Crippen LogP contribution in [0.25, 0.3) is 66.1 Å². The fourth-order valence-corrected chi connectivity index (χ4v) is 7.20. The molecule has 0 atom stereocenters. The molecule has 0 spiro atoms. The Morgan fingerprint density at radius 3 is 2.00 bits per heavy atom. The molecule has 0 fully saturated rings. The third-order valence-corrected chi connectivity index (χ3v) is 9.10. The first-order chi connectivity index (χ1) is 20.1. The number of rotatable bonds is 2. The van der Waals surface area contributed by atoms with Crippen molar-refractivity contribution in [2.24, 2.45) is 0 Å². The number of nitrogens with zero attached hydrogens (tertiary/aromatic N) is 3. The maximum absolute atomic E-state index is 4.86. The Balaban J connectivity index is 1.30. The Morgan fingerprint density at radius 2 is 1.20 bits per heavy atom. The third-order valence-electron chi connectivity index (χ3n) is 9.10. The highest BCUT2D eigenvalue weighted by Gasteiger charge is 2.36. The Hall–Kier alpha value is -5.15. The minimum atomic E-state index is -0.165. The number of benzene rings is 5. The van der Waals surface area contributed by atoms with E-state index in [1.165, 1.54) is 71.7 Å². The lowest BCUT2D eigenvalue weighted by atomic mass is 9.77. The van der Waals surface area contributed by atoms with Crippen LogP contribution in [0.5, 0.6) is 0 Å². The number of para-hydroxylation sites is 3. The van der Waals surface area contributed by atoms with Crippen LogP contribution in [-0.4, -0.2) is 14.1 Å². The lowest BCUT2D eigenvalue weighted by Gasteiger charge is -2.33. The van der Waals surface area contributed by atoms with Crippen molar-refractivity contribution in [3.63, 3.8) is 0 Å². The average Bonchev–Trinajstić information content (AvgIpc) is 3.53. The normalized spacial score (nSPS) is 13.8. The Labute approximate surface area is 237 Å². The second-order valence-corrected chi connectivity index (χ2v) is 11.7. The van der Waals surface area contributed by atoms with Gasteiger partial charge in [-0.3, -0.25) is 4.98 Å². The van der Waals surface area contributed by atoms with Gasteiger partial charge in [-0.15, -0.1) is 0 Å². The maximum atomic E-state index is 4.86. The molecule has 1 aliphatic rings. The quantitative estimate of drug-likeness (QED) is 0.220. The number of hydrogen-bond acceptors (Lipinski definition) is 1. The van der Waals surface area contributed by atoms with Crippen LogP contribution in [0.3, 0.4) is 0 Å². The third kappa shape index (κ3) is 2.95. The molecule has 1 aliphatic heterocycles. The van der Waals surface area contributed by atoms with Crippen molar-refractivity contribution in [3.05, 3.63) is 139 Å². The maximum Gasteiger partial charge on any atom is 0.0744 e. The van der Waals surface area contributed by atoms with Gasteiger partial charge < -0.3 is 9.13 Å². The van der Waals surface area contributed by atoms with Crippen LogP contribution in [0.2, 0.25) is 0 Å². The molecule has 0 radical (unpaired) electrons. The summed E-state index contributed by atoms with van der Waals surface area (Å²) in [5.74, 6) is 0. The summed E-state index contributed by atoms with van der Waals surface area (Å²) in [7, 11) is 0. The lowest BCUT2D eigenvalue weighted by molar-refractivity contribution is 0.606. The van der Waals surface area contributed by atoms with E-state index in [2.05, 4.69) is 144 Å². The van der Waals surface area contributed by atoms with Crippen molar-refractivity contribution in [2.75, 3.05) is 0 Å². The van der Waals surface area contributed by atoms with Crippen LogP contribution in [0, 0.1) is 0 Å². The molecule has 4 heterocycles. The molecule has 0 bridgehead atoms. The van der Waals surface area contributed by atoms with Gasteiger partial charge in [0, 0.05) is 38.8 Å². The van der Waals surface area contributed by atoms with Gasteiger partial charge in [0.25, 0.3) is 0 Å². The van der Waals surface area contributed by atoms with Crippen LogP contribution in [-0.2, 0) is 5.41 Å². The van der Waals surface area contributed by atoms with Gasteiger partial charge >= 0.3 is 0 Å². The number of pyridine rings is 1. The second-order valence-electron chi connectivity index (χ2n) is 11.7. The van der Waals surface area contributed by atoms with E-state index in [1.54, 1.807) is 0 Å². The van der Waals surface area contributed by atoms with Crippen molar-refractivity contribution < 1.29 is 0 Å². The van der Waals surface area contributed by atoms with Gasteiger partial charge in [0.1, 0.15) is 0 Å². The average molecular weight is 526 g/mol. The SMILES string of the molecule is CC1(C)c2ncccc2-n2c3ccc(-c4ccc5c(c4)c4ccccc4n5-c4ccccc4)cc3c3cccc1c32. The minimum absolute atomic E-state index is 0.165. The van der Waals surface area contributed by atoms with Gasteiger partial charge in [-0.05, 0) is 85.1 Å². The zero-order chi connectivity index (χ0) is 27.3. The number of aromatic nitrogens is 3. The Kier molecular flexibility index (Phi) is 4.39. The number of fused-ring (bicyclic) bond motifs is 8. The first-order valence-corrected chi connectivity index (χ1v) is 14.2. The van der Waals surface area contributed by atoms with E-state index < -0.39 is 0 Å². The molecular formula is C38H27N3. The highest BCUT2D eigenvalue weighted by atomic mass is 15.0. The van der Waals surface area contributed by atoms with Crippen molar-refractivity contribution in [3.8, 4) is 22.5 Å². The Bertz CT molecular complexity index is 2330. The second kappa shape index (κ2) is 7.96. The molecule has 3 nitrogen and oxygen atoms in total. The van der Waals surface area contributed by atoms with Crippen LogP contribution in [0.15, 0.2) is 128 Å². The molecule has 41 heavy (non-hydrogen) atoms. The molecule has 194 valence electrons. The van der Waals surface area contributed by atoms with E-state index >= 15 is 0 Å². The molecule has 0 N–H and O–H groups in total. The van der Waals surface area contributed by atoms with Gasteiger partial charge in [0.05, 0.1) is 33.4 Å². The molecule has 0 amide bonds. The summed E-state index contributed by atoms with van der Waals surface area (Å²) in [5, 5.41) is 5.11. The summed E-state index contributed by atoms with van der Waals surface area (Å²) in [4.78, 5) is 4.86. The predicted octanol–water partition coefficient (Wildman–Crippen LogP) is 9.58. The molecule has 9 rings (SSSR count). The van der Waals surface area contributed by atoms with Crippen molar-refractivity contribution >= 4 is 43.6 Å². The van der Waals surface area contributed by atoms with Gasteiger partial charge in [-0.2, -0.15) is 0 Å². The number of hydrogen-bond donors (Lipinski definition) is 0. The summed E-state index contributed by atoms with van der Waals surface area (Å²) in [5.41, 5.74) is 12.1. The summed E-state index contributed by atoms with van der Waals surface area (Å²) in [6, 6.07) is 44.2. The highest BCUT2D eigenvalue weighted by Crippen LogP contribution is 2.47. The van der Waals surface area contributed by atoms with Crippen molar-refractivity contribution in [1.82, 2.24) is 14.1 Å². The van der Waals surface area contributed by atoms with E-state index in [0.29, 0.717) is 0 Å². The highest BCUT2D eigenvalue weighted by molar-refractivity contribution is 6.13. The van der Waals surface area contributed by atoms with Crippen LogP contribution in [0.1, 0.15) is 25.1 Å². The lowest BCUT2D eigenvalue weighted by Crippen LogP contribution is -2.27. The summed E-state index contributed by atoms with van der Waals surface area (Å²) in [6.45, 7) is 4.59. The fraction of sp³-hybridized carbons (Fsp3) is 0.0789. The first kappa shape index (κ1) is 22.6. The molecule has 0 saturated heterocycles. The smallest absolute Gasteiger partial charge is 0.0744 e. The predicted molar refractivity (Wildman–Crippen MR) is 170 cm³/mol. The van der Waals surface area contributed by atoms with Gasteiger partial charge in [-0.25, -0.2) is 0 Å². The largest absolute Gasteiger partial charge is 0.309 e. The molecule has 0 unspecified atom stereocenters. The van der Waals surface area contributed by atoms with E-state index in [-0.39, 0.29) is 5.41 Å². The standard InChI is InChI=1S/C38H27N3/c1-38(2)31-14-8-13-28-30-23-25(18-20-34(30)41(36(28)31)35-16-9-21-39-37(35)38)24-17-19-33-29(22-24)27-12-6-7-15-32(27)40(33)26-10-4-3-5-11-26/h3-23H,1-2H3. The summed E-state index contributed by atoms with van der Waals surface area (Å²) >= 11 is 0. The molecule has 0 saturated carbocycles. The van der Waals surface area contributed by atoms with Gasteiger partial charge in [-0.1, -0.05) is 66.7 Å². The zero-order valence-electron chi connectivity index (χ0n) is 23.0. The van der Waals surface area contributed by atoms with Crippen molar-refractivity contribution in [1.29, 1.82) is 0 Å². The minimum Gasteiger partial charge on any atom is -0.309 e. The summed E-state index contributed by atoms with van der Waals surface area (Å²) < 4.78 is 4.80. The van der Waals surface area contributed by atoms with E-state index in [0.717, 1.165) is 5.69 Å². The van der Waals surface area contributed by atoms with Crippen LogP contribution >= 0.6 is 0 Å². The van der Waals surface area contributed by atoms with E-state index in [9.17, 15) is 0 Å². The molecular weight excluding hydrogens is 498 g/mol. The van der Waals surface area contributed by atoms with Gasteiger partial charge in [0.2, 0.25) is 0 Å². The topological polar surface area (TPSA) is 22.8 Å². The zero-order valence-corrected chi connectivity index (χ0v) is 23.0. The molecule has 0 aliphatic carbocycles. The monoisotopic (exact) mass is 525 g/mol.